The molecule has 2 amide bonds. The Morgan fingerprint density at radius 1 is 1.50 bits per heavy atom. The van der Waals surface area contributed by atoms with Gasteiger partial charge in [0, 0.05) is 13.6 Å². The number of aliphatic hydroxyl groups excluding tert-OH is 1. The van der Waals surface area contributed by atoms with Crippen molar-refractivity contribution < 1.29 is 19.0 Å². The number of carbonyl (C=O) groups is 1. The smallest absolute Gasteiger partial charge is 0.323 e. The zero-order valence-electron chi connectivity index (χ0n) is 12.0. The molecule has 9 heteroatoms. The normalized spacial score (nSPS) is 11.8. The van der Waals surface area contributed by atoms with Gasteiger partial charge in [0.1, 0.15) is 5.75 Å². The maximum Gasteiger partial charge on any atom is 0.323 e. The van der Waals surface area contributed by atoms with Gasteiger partial charge in [-0.2, -0.15) is 4.39 Å². The van der Waals surface area contributed by atoms with Gasteiger partial charge in [0.25, 0.3) is 0 Å². The van der Waals surface area contributed by atoms with E-state index < -0.39 is 12.1 Å². The molecule has 0 radical (unpaired) electrons. The predicted octanol–water partition coefficient (Wildman–Crippen LogP) is 2.31. The first-order valence-electron chi connectivity index (χ1n) is 6.39. The summed E-state index contributed by atoms with van der Waals surface area (Å²) in [7, 11) is 1.57. The molecule has 0 bridgehead atoms. The molecule has 2 aromatic rings. The average molecular weight is 326 g/mol. The second kappa shape index (κ2) is 7.14. The highest BCUT2D eigenvalue weighted by molar-refractivity contribution is 7.17. The van der Waals surface area contributed by atoms with Crippen LogP contribution < -0.4 is 10.1 Å². The van der Waals surface area contributed by atoms with Crippen molar-refractivity contribution in [2.24, 2.45) is 0 Å². The van der Waals surface area contributed by atoms with E-state index >= 15 is 0 Å². The van der Waals surface area contributed by atoms with Crippen LogP contribution in [0.4, 0.5) is 14.3 Å². The number of ether oxygens (including phenoxy) is 1. The van der Waals surface area contributed by atoms with E-state index in [0.717, 1.165) is 11.3 Å². The van der Waals surface area contributed by atoms with Gasteiger partial charge in [-0.3, -0.25) is 5.32 Å². The van der Waals surface area contributed by atoms with Crippen molar-refractivity contribution in [2.45, 2.75) is 13.0 Å². The summed E-state index contributed by atoms with van der Waals surface area (Å²) < 4.78 is 18.1. The molecule has 0 spiro atoms. The Labute approximate surface area is 130 Å². The summed E-state index contributed by atoms with van der Waals surface area (Å²) in [5.74, 6) is -0.222. The number of nitrogens with one attached hydrogen (secondary N) is 1. The van der Waals surface area contributed by atoms with Crippen LogP contribution in [0.5, 0.6) is 10.8 Å². The molecular formula is C13H15FN4O3S. The van der Waals surface area contributed by atoms with Gasteiger partial charge in [-0.15, -0.1) is 0 Å². The van der Waals surface area contributed by atoms with Gasteiger partial charge in [-0.1, -0.05) is 11.3 Å². The molecule has 2 rings (SSSR count). The third-order valence-corrected chi connectivity index (χ3v) is 3.29. The zero-order chi connectivity index (χ0) is 16.1. The molecule has 2 N–H and O–H groups in total. The molecule has 0 fully saturated rings. The van der Waals surface area contributed by atoms with Crippen molar-refractivity contribution in [2.75, 3.05) is 18.9 Å². The van der Waals surface area contributed by atoms with Crippen molar-refractivity contribution in [1.29, 1.82) is 0 Å². The number of rotatable bonds is 5. The second-order valence-electron chi connectivity index (χ2n) is 4.56. The summed E-state index contributed by atoms with van der Waals surface area (Å²) in [6, 6.07) is 2.24. The van der Waals surface area contributed by atoms with Gasteiger partial charge < -0.3 is 14.7 Å². The van der Waals surface area contributed by atoms with Gasteiger partial charge in [-0.05, 0) is 19.1 Å². The van der Waals surface area contributed by atoms with E-state index in [-0.39, 0.29) is 12.6 Å². The van der Waals surface area contributed by atoms with Crippen LogP contribution in [0.15, 0.2) is 24.5 Å². The molecule has 0 unspecified atom stereocenters. The Hall–Kier alpha value is -2.26. The maximum atomic E-state index is 12.7. The van der Waals surface area contributed by atoms with Crippen LogP contribution in [-0.4, -0.2) is 45.7 Å². The first kappa shape index (κ1) is 16.1. The van der Waals surface area contributed by atoms with Crippen LogP contribution in [0.2, 0.25) is 0 Å². The van der Waals surface area contributed by atoms with E-state index in [9.17, 15) is 14.3 Å². The molecule has 2 aromatic heterocycles. The summed E-state index contributed by atoms with van der Waals surface area (Å²) in [6.45, 7) is 1.80. The lowest BCUT2D eigenvalue weighted by Crippen LogP contribution is -2.36. The van der Waals surface area contributed by atoms with Crippen molar-refractivity contribution >= 4 is 22.5 Å². The van der Waals surface area contributed by atoms with E-state index in [0.29, 0.717) is 15.9 Å². The minimum Gasteiger partial charge on any atom is -0.443 e. The number of nitrogens with zero attached hydrogens (tertiary/aromatic N) is 3. The predicted molar refractivity (Wildman–Crippen MR) is 79.7 cm³/mol. The third kappa shape index (κ3) is 4.64. The second-order valence-corrected chi connectivity index (χ2v) is 5.56. The van der Waals surface area contributed by atoms with E-state index in [1.54, 1.807) is 14.0 Å². The molecule has 0 aliphatic rings. The lowest BCUT2D eigenvalue weighted by atomic mass is 10.4. The third-order valence-electron chi connectivity index (χ3n) is 2.50. The highest BCUT2D eigenvalue weighted by Crippen LogP contribution is 2.30. The Morgan fingerprint density at radius 3 is 2.91 bits per heavy atom. The van der Waals surface area contributed by atoms with Crippen LogP contribution in [0, 0.1) is 5.95 Å². The molecule has 2 heterocycles. The number of aromatic nitrogens is 2. The molecule has 1 atom stereocenters. The number of carbonyl (C=O) groups excluding carboxylic acids is 1. The number of urea groups is 1. The Balaban J connectivity index is 1.93. The number of aliphatic hydroxyl groups is 1. The van der Waals surface area contributed by atoms with E-state index in [2.05, 4.69) is 15.3 Å². The standard InChI is InChI=1S/C13H15FN4O3S/c1-8(19)7-18(2)13(20)17-12-16-6-11(22-12)21-9-3-4-10(14)15-5-9/h3-6,8,19H,7H2,1-2H3,(H,16,17,20)/t8-/m0/s1. The van der Waals surface area contributed by atoms with Crippen molar-refractivity contribution in [3.63, 3.8) is 0 Å². The number of hydrogen-bond acceptors (Lipinski definition) is 6. The number of thiazole rings is 1. The van der Waals surface area contributed by atoms with Crippen molar-refractivity contribution in [3.05, 3.63) is 30.5 Å². The lowest BCUT2D eigenvalue weighted by molar-refractivity contribution is 0.149. The van der Waals surface area contributed by atoms with Crippen LogP contribution >= 0.6 is 11.3 Å². The van der Waals surface area contributed by atoms with Crippen molar-refractivity contribution in [1.82, 2.24) is 14.9 Å². The van der Waals surface area contributed by atoms with Gasteiger partial charge in [-0.25, -0.2) is 14.8 Å². The van der Waals surface area contributed by atoms with Gasteiger partial charge in [0.05, 0.1) is 18.5 Å². The summed E-state index contributed by atoms with van der Waals surface area (Å²) in [5.41, 5.74) is 0. The van der Waals surface area contributed by atoms with Gasteiger partial charge in [0.2, 0.25) is 11.0 Å². The molecule has 0 aliphatic carbocycles. The maximum absolute atomic E-state index is 12.7. The Morgan fingerprint density at radius 2 is 2.27 bits per heavy atom. The number of hydrogen-bond donors (Lipinski definition) is 2. The summed E-state index contributed by atoms with van der Waals surface area (Å²) in [4.78, 5) is 20.7. The first-order chi connectivity index (χ1) is 10.4. The van der Waals surface area contributed by atoms with Gasteiger partial charge in [0.15, 0.2) is 5.13 Å². The fraction of sp³-hybridized carbons (Fsp3) is 0.308. The minimum absolute atomic E-state index is 0.210. The first-order valence-corrected chi connectivity index (χ1v) is 7.21. The molecule has 0 aromatic carbocycles. The monoisotopic (exact) mass is 326 g/mol. The largest absolute Gasteiger partial charge is 0.443 e. The topological polar surface area (TPSA) is 87.6 Å². The summed E-state index contributed by atoms with van der Waals surface area (Å²) in [5, 5.41) is 12.6. The number of amides is 2. The van der Waals surface area contributed by atoms with E-state index in [1.807, 2.05) is 0 Å². The number of anilines is 1. The average Bonchev–Trinajstić information content (AvgIpc) is 2.88. The minimum atomic E-state index is -0.614. The van der Waals surface area contributed by atoms with Gasteiger partial charge >= 0.3 is 6.03 Å². The quantitative estimate of drug-likeness (QED) is 0.823. The molecule has 0 saturated heterocycles. The Bertz CT molecular complexity index is 632. The highest BCUT2D eigenvalue weighted by Gasteiger charge is 2.13. The highest BCUT2D eigenvalue weighted by atomic mass is 32.1. The fourth-order valence-electron chi connectivity index (χ4n) is 1.57. The molecule has 0 aliphatic heterocycles. The molecule has 22 heavy (non-hydrogen) atoms. The summed E-state index contributed by atoms with van der Waals surface area (Å²) >= 11 is 1.12. The van der Waals surface area contributed by atoms with E-state index in [1.165, 1.54) is 29.4 Å². The molecule has 0 saturated carbocycles. The van der Waals surface area contributed by atoms with Crippen LogP contribution in [0.3, 0.4) is 0 Å². The van der Waals surface area contributed by atoms with Crippen molar-refractivity contribution in [3.8, 4) is 10.8 Å². The van der Waals surface area contributed by atoms with Crippen LogP contribution in [-0.2, 0) is 0 Å². The van der Waals surface area contributed by atoms with Crippen LogP contribution in [0.1, 0.15) is 6.92 Å². The molecule has 7 nitrogen and oxygen atoms in total. The zero-order valence-corrected chi connectivity index (χ0v) is 12.8. The number of likely N-dealkylation sites (N-methyl/N-ethyl adjacent to an activating group) is 1. The molecule has 118 valence electrons. The molecular weight excluding hydrogens is 311 g/mol. The lowest BCUT2D eigenvalue weighted by Gasteiger charge is -2.18. The van der Waals surface area contributed by atoms with Crippen LogP contribution in [0.25, 0.3) is 0 Å². The fourth-order valence-corrected chi connectivity index (χ4v) is 2.25. The Kier molecular flexibility index (Phi) is 5.23. The SMILES string of the molecule is C[C@H](O)CN(C)C(=O)Nc1ncc(Oc2ccc(F)nc2)s1. The number of pyridine rings is 1. The number of halogens is 1. The van der Waals surface area contributed by atoms with E-state index in [4.69, 9.17) is 4.74 Å². The summed E-state index contributed by atoms with van der Waals surface area (Å²) in [6.07, 6.45) is 2.08.